The van der Waals surface area contributed by atoms with Crippen LogP contribution in [0.4, 0.5) is 0 Å². The maximum atomic E-state index is 8.79. The van der Waals surface area contributed by atoms with E-state index in [0.717, 1.165) is 11.1 Å². The van der Waals surface area contributed by atoms with Gasteiger partial charge in [0, 0.05) is 6.04 Å². The highest BCUT2D eigenvalue weighted by atomic mass is 16.5. The maximum Gasteiger partial charge on any atom is 0.119 e. The van der Waals surface area contributed by atoms with E-state index in [1.54, 1.807) is 0 Å². The van der Waals surface area contributed by atoms with Crippen molar-refractivity contribution < 1.29 is 9.84 Å². The van der Waals surface area contributed by atoms with Crippen LogP contribution in [-0.2, 0) is 0 Å². The highest BCUT2D eigenvalue weighted by Gasteiger charge is 2.01. The van der Waals surface area contributed by atoms with Gasteiger partial charge in [0.15, 0.2) is 0 Å². The van der Waals surface area contributed by atoms with E-state index in [-0.39, 0.29) is 12.6 Å². The molecule has 0 spiro atoms. The molecule has 1 atom stereocenters. The number of aliphatic hydroxyl groups is 1. The molecule has 0 saturated carbocycles. The van der Waals surface area contributed by atoms with Crippen LogP contribution in [0.1, 0.15) is 6.42 Å². The van der Waals surface area contributed by atoms with Crippen LogP contribution in [0.2, 0.25) is 0 Å². The minimum atomic E-state index is -0.199. The average molecular weight is 231 g/mol. The van der Waals surface area contributed by atoms with Crippen molar-refractivity contribution in [3.63, 3.8) is 0 Å². The Hall–Kier alpha value is -1.58. The monoisotopic (exact) mass is 231 g/mol. The maximum absolute atomic E-state index is 8.79. The molecule has 0 bridgehead atoms. The molecule has 2 aromatic rings. The normalized spacial score (nSPS) is 12.6. The fourth-order valence-electron chi connectivity index (χ4n) is 1.68. The zero-order valence-electron chi connectivity index (χ0n) is 9.67. The number of ether oxygens (including phenoxy) is 1. The SMILES string of the molecule is NC(CO)CCOc1ccc2ccccc2c1. The molecular weight excluding hydrogens is 214 g/mol. The summed E-state index contributed by atoms with van der Waals surface area (Å²) in [6.45, 7) is 0.529. The molecule has 0 aliphatic carbocycles. The van der Waals surface area contributed by atoms with E-state index >= 15 is 0 Å². The van der Waals surface area contributed by atoms with Crippen molar-refractivity contribution in [1.29, 1.82) is 0 Å². The Bertz CT molecular complexity index is 484. The quantitative estimate of drug-likeness (QED) is 0.826. The van der Waals surface area contributed by atoms with Crippen molar-refractivity contribution >= 4 is 10.8 Å². The molecule has 90 valence electrons. The van der Waals surface area contributed by atoms with Crippen molar-refractivity contribution in [3.8, 4) is 5.75 Å². The predicted molar refractivity (Wildman–Crippen MR) is 69.1 cm³/mol. The van der Waals surface area contributed by atoms with Gasteiger partial charge in [0.05, 0.1) is 13.2 Å². The van der Waals surface area contributed by atoms with Crippen molar-refractivity contribution in [2.45, 2.75) is 12.5 Å². The van der Waals surface area contributed by atoms with Crippen molar-refractivity contribution in [1.82, 2.24) is 0 Å². The van der Waals surface area contributed by atoms with Gasteiger partial charge in [0.1, 0.15) is 5.75 Å². The van der Waals surface area contributed by atoms with Crippen LogP contribution in [0.25, 0.3) is 10.8 Å². The van der Waals surface area contributed by atoms with Crippen LogP contribution in [0.5, 0.6) is 5.75 Å². The first-order chi connectivity index (χ1) is 8.29. The number of hydrogen-bond donors (Lipinski definition) is 2. The van der Waals surface area contributed by atoms with Gasteiger partial charge in [-0.05, 0) is 29.3 Å². The summed E-state index contributed by atoms with van der Waals surface area (Å²) in [5, 5.41) is 11.2. The summed E-state index contributed by atoms with van der Waals surface area (Å²) in [4.78, 5) is 0. The Labute approximate surface area is 101 Å². The first-order valence-corrected chi connectivity index (χ1v) is 5.77. The van der Waals surface area contributed by atoms with Crippen molar-refractivity contribution in [2.24, 2.45) is 5.73 Å². The molecule has 0 heterocycles. The molecule has 1 unspecified atom stereocenters. The number of nitrogens with two attached hydrogens (primary N) is 1. The third kappa shape index (κ3) is 3.19. The van der Waals surface area contributed by atoms with Crippen LogP contribution in [0, 0.1) is 0 Å². The van der Waals surface area contributed by atoms with Crippen LogP contribution < -0.4 is 10.5 Å². The average Bonchev–Trinajstić information content (AvgIpc) is 2.38. The van der Waals surface area contributed by atoms with E-state index in [1.807, 2.05) is 30.3 Å². The van der Waals surface area contributed by atoms with Gasteiger partial charge in [-0.3, -0.25) is 0 Å². The predicted octanol–water partition coefficient (Wildman–Crippen LogP) is 1.93. The highest BCUT2D eigenvalue weighted by Crippen LogP contribution is 2.20. The lowest BCUT2D eigenvalue weighted by Gasteiger charge is -2.10. The molecule has 0 aromatic heterocycles. The summed E-state index contributed by atoms with van der Waals surface area (Å²) < 4.78 is 5.60. The van der Waals surface area contributed by atoms with Crippen molar-refractivity contribution in [2.75, 3.05) is 13.2 Å². The van der Waals surface area contributed by atoms with Gasteiger partial charge in [0.2, 0.25) is 0 Å². The lowest BCUT2D eigenvalue weighted by atomic mass is 10.1. The zero-order chi connectivity index (χ0) is 12.1. The lowest BCUT2D eigenvalue weighted by molar-refractivity contribution is 0.230. The second-order valence-corrected chi connectivity index (χ2v) is 4.09. The number of aliphatic hydroxyl groups excluding tert-OH is 1. The number of rotatable bonds is 5. The van der Waals surface area contributed by atoms with Gasteiger partial charge in [-0.2, -0.15) is 0 Å². The Kier molecular flexibility index (Phi) is 3.96. The van der Waals surface area contributed by atoms with Gasteiger partial charge in [-0.15, -0.1) is 0 Å². The van der Waals surface area contributed by atoms with Gasteiger partial charge in [0.25, 0.3) is 0 Å². The molecule has 2 aromatic carbocycles. The Balaban J connectivity index is 1.99. The largest absolute Gasteiger partial charge is 0.494 e. The van der Waals surface area contributed by atoms with Crippen molar-refractivity contribution in [3.05, 3.63) is 42.5 Å². The van der Waals surface area contributed by atoms with E-state index < -0.39 is 0 Å². The minimum absolute atomic E-state index is 0.00107. The molecule has 3 heteroatoms. The molecule has 17 heavy (non-hydrogen) atoms. The molecule has 3 nitrogen and oxygen atoms in total. The van der Waals surface area contributed by atoms with Crippen LogP contribution >= 0.6 is 0 Å². The summed E-state index contributed by atoms with van der Waals surface area (Å²) in [5.74, 6) is 0.842. The van der Waals surface area contributed by atoms with Gasteiger partial charge in [-0.1, -0.05) is 30.3 Å². The second-order valence-electron chi connectivity index (χ2n) is 4.09. The molecule has 0 saturated heterocycles. The number of benzene rings is 2. The summed E-state index contributed by atoms with van der Waals surface area (Å²) in [5.41, 5.74) is 5.60. The Morgan fingerprint density at radius 2 is 1.88 bits per heavy atom. The Morgan fingerprint density at radius 3 is 2.65 bits per heavy atom. The standard InChI is InChI=1S/C14H17NO2/c15-13(10-16)7-8-17-14-6-5-11-3-1-2-4-12(11)9-14/h1-6,9,13,16H,7-8,10,15H2. The van der Waals surface area contributed by atoms with Gasteiger partial charge >= 0.3 is 0 Å². The van der Waals surface area contributed by atoms with E-state index in [0.29, 0.717) is 13.0 Å². The van der Waals surface area contributed by atoms with E-state index in [2.05, 4.69) is 12.1 Å². The first kappa shape index (κ1) is 11.9. The fourth-order valence-corrected chi connectivity index (χ4v) is 1.68. The summed E-state index contributed by atoms with van der Waals surface area (Å²) in [6.07, 6.45) is 0.656. The number of fused-ring (bicyclic) bond motifs is 1. The third-order valence-corrected chi connectivity index (χ3v) is 2.71. The summed E-state index contributed by atoms with van der Waals surface area (Å²) in [7, 11) is 0. The first-order valence-electron chi connectivity index (χ1n) is 5.77. The minimum Gasteiger partial charge on any atom is -0.494 e. The topological polar surface area (TPSA) is 55.5 Å². The highest BCUT2D eigenvalue weighted by molar-refractivity contribution is 5.83. The molecular formula is C14H17NO2. The van der Waals surface area contributed by atoms with Crippen LogP contribution in [0.15, 0.2) is 42.5 Å². The molecule has 0 aliphatic heterocycles. The Morgan fingerprint density at radius 1 is 1.12 bits per heavy atom. The second kappa shape index (κ2) is 5.66. The molecule has 0 aliphatic rings. The molecule has 0 amide bonds. The fraction of sp³-hybridized carbons (Fsp3) is 0.286. The molecule has 0 radical (unpaired) electrons. The molecule has 0 fully saturated rings. The summed E-state index contributed by atoms with van der Waals surface area (Å²) >= 11 is 0. The third-order valence-electron chi connectivity index (χ3n) is 2.71. The van der Waals surface area contributed by atoms with Crippen LogP contribution in [0.3, 0.4) is 0 Å². The van der Waals surface area contributed by atoms with Crippen LogP contribution in [-0.4, -0.2) is 24.4 Å². The van der Waals surface area contributed by atoms with E-state index in [9.17, 15) is 0 Å². The van der Waals surface area contributed by atoms with E-state index in [4.69, 9.17) is 15.6 Å². The van der Waals surface area contributed by atoms with E-state index in [1.165, 1.54) is 5.39 Å². The lowest BCUT2D eigenvalue weighted by Crippen LogP contribution is -2.26. The van der Waals surface area contributed by atoms with Gasteiger partial charge < -0.3 is 15.6 Å². The number of hydrogen-bond acceptors (Lipinski definition) is 3. The molecule has 2 rings (SSSR count). The molecule has 3 N–H and O–H groups in total. The smallest absolute Gasteiger partial charge is 0.119 e. The summed E-state index contributed by atoms with van der Waals surface area (Å²) in [6, 6.07) is 14.0. The van der Waals surface area contributed by atoms with Gasteiger partial charge in [-0.25, -0.2) is 0 Å². The zero-order valence-corrected chi connectivity index (χ0v) is 9.67.